The van der Waals surface area contributed by atoms with Gasteiger partial charge in [0, 0.05) is 28.4 Å². The molecule has 4 nitrogen and oxygen atoms in total. The molecule has 0 unspecified atom stereocenters. The van der Waals surface area contributed by atoms with Crippen molar-refractivity contribution in [2.75, 3.05) is 7.05 Å². The van der Waals surface area contributed by atoms with Crippen molar-refractivity contribution in [2.24, 2.45) is 0 Å². The molecule has 0 aliphatic carbocycles. The van der Waals surface area contributed by atoms with Gasteiger partial charge in [0.25, 0.3) is 0 Å². The van der Waals surface area contributed by atoms with E-state index < -0.39 is 10.0 Å². The molecule has 0 atom stereocenters. The largest absolute Gasteiger partial charge is 0.315 e. The van der Waals surface area contributed by atoms with Crippen molar-refractivity contribution in [3.8, 4) is 0 Å². The van der Waals surface area contributed by atoms with Crippen LogP contribution >= 0.6 is 22.9 Å². The van der Waals surface area contributed by atoms with Gasteiger partial charge < -0.3 is 5.32 Å². The number of hydrogen-bond donors (Lipinski definition) is 2. The van der Waals surface area contributed by atoms with Crippen LogP contribution in [0, 0.1) is 0 Å². The van der Waals surface area contributed by atoms with Crippen LogP contribution in [0.3, 0.4) is 0 Å². The number of hydrogen-bond acceptors (Lipinski definition) is 4. The maximum atomic E-state index is 12.2. The van der Waals surface area contributed by atoms with Crippen molar-refractivity contribution in [2.45, 2.75) is 18.0 Å². The highest BCUT2D eigenvalue weighted by atomic mass is 35.5. The molecule has 0 amide bonds. The van der Waals surface area contributed by atoms with E-state index in [1.165, 1.54) is 11.3 Å². The second-order valence-electron chi connectivity index (χ2n) is 4.23. The minimum Gasteiger partial charge on any atom is -0.315 e. The molecule has 2 N–H and O–H groups in total. The van der Waals surface area contributed by atoms with Gasteiger partial charge in [0.1, 0.15) is 0 Å². The Kier molecular flexibility index (Phi) is 5.17. The molecule has 0 fully saturated rings. The minimum absolute atomic E-state index is 0.222. The molecule has 0 spiro atoms. The van der Waals surface area contributed by atoms with E-state index in [2.05, 4.69) is 10.0 Å². The molecule has 0 radical (unpaired) electrons. The van der Waals surface area contributed by atoms with Crippen LogP contribution in [0.5, 0.6) is 0 Å². The highest BCUT2D eigenvalue weighted by Gasteiger charge is 2.15. The minimum atomic E-state index is -3.48. The van der Waals surface area contributed by atoms with Crippen molar-refractivity contribution in [3.63, 3.8) is 0 Å². The molecule has 108 valence electrons. The molecule has 1 heterocycles. The van der Waals surface area contributed by atoms with E-state index >= 15 is 0 Å². The third kappa shape index (κ3) is 4.04. The van der Waals surface area contributed by atoms with Crippen LogP contribution in [0.2, 0.25) is 5.02 Å². The van der Waals surface area contributed by atoms with Gasteiger partial charge in [0.2, 0.25) is 10.0 Å². The Morgan fingerprint density at radius 1 is 1.25 bits per heavy atom. The second kappa shape index (κ2) is 6.69. The third-order valence-corrected chi connectivity index (χ3v) is 5.35. The predicted octanol–water partition coefficient (Wildman–Crippen LogP) is 2.60. The summed E-state index contributed by atoms with van der Waals surface area (Å²) in [5.74, 6) is 0. The van der Waals surface area contributed by atoms with Crippen LogP contribution in [0.25, 0.3) is 0 Å². The number of benzene rings is 1. The molecule has 20 heavy (non-hydrogen) atoms. The zero-order valence-electron chi connectivity index (χ0n) is 10.9. The number of sulfonamides is 1. The molecular formula is C13H15ClN2O2S2. The van der Waals surface area contributed by atoms with Gasteiger partial charge in [-0.15, -0.1) is 11.3 Å². The summed E-state index contributed by atoms with van der Waals surface area (Å²) in [5.41, 5.74) is 0.826. The van der Waals surface area contributed by atoms with E-state index in [-0.39, 0.29) is 6.54 Å². The van der Waals surface area contributed by atoms with E-state index in [9.17, 15) is 8.42 Å². The van der Waals surface area contributed by atoms with E-state index in [1.54, 1.807) is 29.6 Å². The SMILES string of the molecule is CNCc1cc(S(=O)(=O)NCc2cccc(Cl)c2)cs1. The van der Waals surface area contributed by atoms with Gasteiger partial charge in [-0.3, -0.25) is 0 Å². The Hall–Kier alpha value is -0.920. The lowest BCUT2D eigenvalue weighted by molar-refractivity contribution is 0.581. The van der Waals surface area contributed by atoms with E-state index in [0.29, 0.717) is 16.5 Å². The standard InChI is InChI=1S/C13H15ClN2O2S2/c1-15-8-12-6-13(9-19-12)20(17,18)16-7-10-3-2-4-11(14)5-10/h2-6,9,15-16H,7-8H2,1H3. The van der Waals surface area contributed by atoms with Crippen molar-refractivity contribution < 1.29 is 8.42 Å². The molecule has 1 aromatic heterocycles. The summed E-state index contributed by atoms with van der Waals surface area (Å²) in [4.78, 5) is 1.28. The first-order valence-electron chi connectivity index (χ1n) is 5.97. The van der Waals surface area contributed by atoms with Crippen LogP contribution in [-0.4, -0.2) is 15.5 Å². The summed E-state index contributed by atoms with van der Waals surface area (Å²) >= 11 is 7.29. The zero-order valence-corrected chi connectivity index (χ0v) is 13.3. The van der Waals surface area contributed by atoms with Gasteiger partial charge in [-0.1, -0.05) is 23.7 Å². The number of halogens is 1. The summed E-state index contributed by atoms with van der Waals surface area (Å²) in [6.07, 6.45) is 0. The van der Waals surface area contributed by atoms with Gasteiger partial charge >= 0.3 is 0 Å². The number of nitrogens with one attached hydrogen (secondary N) is 2. The fourth-order valence-corrected chi connectivity index (χ4v) is 4.19. The molecule has 0 bridgehead atoms. The summed E-state index contributed by atoms with van der Waals surface area (Å²) in [6, 6.07) is 8.80. The lowest BCUT2D eigenvalue weighted by Crippen LogP contribution is -2.22. The van der Waals surface area contributed by atoms with Crippen molar-refractivity contribution >= 4 is 33.0 Å². The normalized spacial score (nSPS) is 11.7. The first-order valence-corrected chi connectivity index (χ1v) is 8.71. The van der Waals surface area contributed by atoms with E-state index in [4.69, 9.17) is 11.6 Å². The Labute approximate surface area is 127 Å². The van der Waals surface area contributed by atoms with Crippen LogP contribution in [0.4, 0.5) is 0 Å². The Morgan fingerprint density at radius 3 is 2.75 bits per heavy atom. The first kappa shape index (κ1) is 15.5. The average Bonchev–Trinajstić information content (AvgIpc) is 2.87. The van der Waals surface area contributed by atoms with Crippen LogP contribution in [0.15, 0.2) is 40.6 Å². The van der Waals surface area contributed by atoms with Gasteiger partial charge in [-0.2, -0.15) is 0 Å². The van der Waals surface area contributed by atoms with E-state index in [0.717, 1.165) is 10.4 Å². The predicted molar refractivity (Wildman–Crippen MR) is 82.6 cm³/mol. The molecule has 0 saturated heterocycles. The molecular weight excluding hydrogens is 316 g/mol. The summed E-state index contributed by atoms with van der Waals surface area (Å²) in [5, 5.41) is 5.23. The molecule has 2 rings (SSSR count). The smallest absolute Gasteiger partial charge is 0.241 e. The first-order chi connectivity index (χ1) is 9.51. The monoisotopic (exact) mass is 330 g/mol. The fourth-order valence-electron chi connectivity index (χ4n) is 1.68. The molecule has 1 aromatic carbocycles. The summed E-state index contributed by atoms with van der Waals surface area (Å²) in [6.45, 7) is 0.884. The van der Waals surface area contributed by atoms with E-state index in [1.807, 2.05) is 13.1 Å². The average molecular weight is 331 g/mol. The highest BCUT2D eigenvalue weighted by Crippen LogP contribution is 2.19. The Bertz CT molecular complexity index is 683. The fraction of sp³-hybridized carbons (Fsp3) is 0.231. The second-order valence-corrected chi connectivity index (χ2v) is 7.43. The molecule has 0 saturated carbocycles. The van der Waals surface area contributed by atoms with Crippen molar-refractivity contribution in [1.82, 2.24) is 10.0 Å². The zero-order chi connectivity index (χ0) is 14.6. The lowest BCUT2D eigenvalue weighted by Gasteiger charge is -2.05. The topological polar surface area (TPSA) is 58.2 Å². The maximum absolute atomic E-state index is 12.2. The molecule has 0 aliphatic heterocycles. The van der Waals surface area contributed by atoms with Crippen LogP contribution in [0.1, 0.15) is 10.4 Å². The van der Waals surface area contributed by atoms with Crippen LogP contribution < -0.4 is 10.0 Å². The van der Waals surface area contributed by atoms with Crippen molar-refractivity contribution in [1.29, 1.82) is 0 Å². The third-order valence-electron chi connectivity index (χ3n) is 2.65. The van der Waals surface area contributed by atoms with Crippen molar-refractivity contribution in [3.05, 3.63) is 51.2 Å². The van der Waals surface area contributed by atoms with Crippen LogP contribution in [-0.2, 0) is 23.1 Å². The molecule has 2 aromatic rings. The lowest BCUT2D eigenvalue weighted by atomic mass is 10.2. The summed E-state index contributed by atoms with van der Waals surface area (Å²) in [7, 11) is -1.65. The molecule has 0 aliphatic rings. The molecule has 7 heteroatoms. The number of thiophene rings is 1. The number of rotatable bonds is 6. The Morgan fingerprint density at radius 2 is 2.05 bits per heavy atom. The quantitative estimate of drug-likeness (QED) is 0.856. The van der Waals surface area contributed by atoms with Gasteiger partial charge in [0.15, 0.2) is 0 Å². The Balaban J connectivity index is 2.06. The van der Waals surface area contributed by atoms with Gasteiger partial charge in [0.05, 0.1) is 4.90 Å². The highest BCUT2D eigenvalue weighted by molar-refractivity contribution is 7.89. The van der Waals surface area contributed by atoms with Gasteiger partial charge in [-0.25, -0.2) is 13.1 Å². The van der Waals surface area contributed by atoms with Gasteiger partial charge in [-0.05, 0) is 30.8 Å². The maximum Gasteiger partial charge on any atom is 0.241 e. The summed E-state index contributed by atoms with van der Waals surface area (Å²) < 4.78 is 26.9.